The van der Waals surface area contributed by atoms with Crippen molar-refractivity contribution >= 4 is 0 Å². The fourth-order valence-electron chi connectivity index (χ4n) is 2.86. The summed E-state index contributed by atoms with van der Waals surface area (Å²) in [5, 5.41) is 0. The van der Waals surface area contributed by atoms with Crippen molar-refractivity contribution < 1.29 is 4.74 Å². The molecule has 1 aliphatic rings. The molecule has 0 radical (unpaired) electrons. The Hall–Kier alpha value is -0.860. The van der Waals surface area contributed by atoms with Crippen LogP contribution in [0.3, 0.4) is 0 Å². The minimum absolute atomic E-state index is 0.262. The van der Waals surface area contributed by atoms with Crippen molar-refractivity contribution in [1.82, 2.24) is 0 Å². The van der Waals surface area contributed by atoms with Gasteiger partial charge in [0.25, 0.3) is 0 Å². The lowest BCUT2D eigenvalue weighted by Gasteiger charge is -2.36. The summed E-state index contributed by atoms with van der Waals surface area (Å²) in [6.45, 7) is 6.82. The molecular formula is C15H23NO. The molecule has 0 aromatic heterocycles. The zero-order valence-electron chi connectivity index (χ0n) is 11.0. The Balaban J connectivity index is 2.17. The van der Waals surface area contributed by atoms with Crippen LogP contribution >= 0.6 is 0 Å². The van der Waals surface area contributed by atoms with Gasteiger partial charge in [0, 0.05) is 13.2 Å². The quantitative estimate of drug-likeness (QED) is 0.871. The van der Waals surface area contributed by atoms with Gasteiger partial charge in [-0.15, -0.1) is 0 Å². The van der Waals surface area contributed by atoms with E-state index in [0.29, 0.717) is 0 Å². The van der Waals surface area contributed by atoms with Crippen molar-refractivity contribution in [2.24, 2.45) is 11.1 Å². The molecule has 2 rings (SSSR count). The van der Waals surface area contributed by atoms with E-state index in [0.717, 1.165) is 39.0 Å². The fourth-order valence-corrected chi connectivity index (χ4v) is 2.86. The van der Waals surface area contributed by atoms with E-state index < -0.39 is 0 Å². The molecule has 0 saturated carbocycles. The molecule has 0 unspecified atom stereocenters. The first kappa shape index (κ1) is 12.6. The van der Waals surface area contributed by atoms with E-state index in [-0.39, 0.29) is 5.41 Å². The molecule has 0 atom stereocenters. The third-order valence-electron chi connectivity index (χ3n) is 3.85. The second-order valence-electron chi connectivity index (χ2n) is 5.49. The van der Waals surface area contributed by atoms with Crippen LogP contribution < -0.4 is 5.73 Å². The maximum absolute atomic E-state index is 6.01. The van der Waals surface area contributed by atoms with E-state index in [9.17, 15) is 0 Å². The molecule has 0 bridgehead atoms. The van der Waals surface area contributed by atoms with Gasteiger partial charge in [-0.3, -0.25) is 0 Å². The summed E-state index contributed by atoms with van der Waals surface area (Å²) in [7, 11) is 0. The molecular weight excluding hydrogens is 210 g/mol. The molecule has 1 heterocycles. The zero-order valence-corrected chi connectivity index (χ0v) is 11.0. The predicted octanol–water partition coefficient (Wildman–Crippen LogP) is 2.60. The smallest absolute Gasteiger partial charge is 0.0471 e. The number of aryl methyl sites for hydroxylation is 2. The Morgan fingerprint density at radius 1 is 1.12 bits per heavy atom. The summed E-state index contributed by atoms with van der Waals surface area (Å²) in [5.41, 5.74) is 10.4. The number of hydrogen-bond donors (Lipinski definition) is 1. The third kappa shape index (κ3) is 3.08. The summed E-state index contributed by atoms with van der Waals surface area (Å²) >= 11 is 0. The van der Waals surface area contributed by atoms with Crippen LogP contribution in [0.2, 0.25) is 0 Å². The lowest BCUT2D eigenvalue weighted by molar-refractivity contribution is 0.0191. The van der Waals surface area contributed by atoms with E-state index in [2.05, 4.69) is 32.0 Å². The Kier molecular flexibility index (Phi) is 3.85. The maximum Gasteiger partial charge on any atom is 0.0471 e. The van der Waals surface area contributed by atoms with E-state index in [4.69, 9.17) is 10.5 Å². The SMILES string of the molecule is Cc1cc(C)cc(CC2(CN)CCOCC2)c1. The van der Waals surface area contributed by atoms with Crippen LogP contribution in [0, 0.1) is 19.3 Å². The van der Waals surface area contributed by atoms with Gasteiger partial charge in [-0.2, -0.15) is 0 Å². The van der Waals surface area contributed by atoms with Crippen molar-refractivity contribution in [1.29, 1.82) is 0 Å². The average Bonchev–Trinajstić information content (AvgIpc) is 2.29. The molecule has 0 aliphatic carbocycles. The van der Waals surface area contributed by atoms with E-state index in [1.54, 1.807) is 0 Å². The fraction of sp³-hybridized carbons (Fsp3) is 0.600. The third-order valence-corrected chi connectivity index (χ3v) is 3.85. The lowest BCUT2D eigenvalue weighted by atomic mass is 9.75. The second kappa shape index (κ2) is 5.19. The summed E-state index contributed by atoms with van der Waals surface area (Å²) in [6.07, 6.45) is 3.28. The molecule has 1 aromatic carbocycles. The summed E-state index contributed by atoms with van der Waals surface area (Å²) in [5.74, 6) is 0. The van der Waals surface area contributed by atoms with Crippen LogP contribution in [0.25, 0.3) is 0 Å². The van der Waals surface area contributed by atoms with Crippen molar-refractivity contribution in [2.45, 2.75) is 33.1 Å². The Bertz CT molecular complexity index is 360. The molecule has 1 aliphatic heterocycles. The van der Waals surface area contributed by atoms with Gasteiger partial charge in [-0.25, -0.2) is 0 Å². The summed E-state index contributed by atoms with van der Waals surface area (Å²) < 4.78 is 5.46. The normalized spacial score (nSPS) is 19.2. The molecule has 0 spiro atoms. The standard InChI is InChI=1S/C15H23NO/c1-12-7-13(2)9-14(8-12)10-15(11-16)3-5-17-6-4-15/h7-9H,3-6,10-11,16H2,1-2H3. The number of rotatable bonds is 3. The predicted molar refractivity (Wildman–Crippen MR) is 71.2 cm³/mol. The molecule has 17 heavy (non-hydrogen) atoms. The monoisotopic (exact) mass is 233 g/mol. The van der Waals surface area contributed by atoms with Crippen LogP contribution in [0.15, 0.2) is 18.2 Å². The van der Waals surface area contributed by atoms with Crippen LogP contribution in [-0.2, 0) is 11.2 Å². The van der Waals surface area contributed by atoms with Crippen molar-refractivity contribution in [3.63, 3.8) is 0 Å². The van der Waals surface area contributed by atoms with E-state index >= 15 is 0 Å². The van der Waals surface area contributed by atoms with E-state index in [1.165, 1.54) is 16.7 Å². The van der Waals surface area contributed by atoms with E-state index in [1.807, 2.05) is 0 Å². The first-order chi connectivity index (χ1) is 8.13. The van der Waals surface area contributed by atoms with Gasteiger partial charge in [0.1, 0.15) is 0 Å². The average molecular weight is 233 g/mol. The molecule has 1 aromatic rings. The van der Waals surface area contributed by atoms with Crippen LogP contribution in [-0.4, -0.2) is 19.8 Å². The molecule has 2 N–H and O–H groups in total. The summed E-state index contributed by atoms with van der Waals surface area (Å²) in [4.78, 5) is 0. The van der Waals surface area contributed by atoms with Gasteiger partial charge in [0.15, 0.2) is 0 Å². The highest BCUT2D eigenvalue weighted by molar-refractivity contribution is 5.29. The number of nitrogens with two attached hydrogens (primary N) is 1. The maximum atomic E-state index is 6.01. The topological polar surface area (TPSA) is 35.2 Å². The number of hydrogen-bond acceptors (Lipinski definition) is 2. The number of benzene rings is 1. The van der Waals surface area contributed by atoms with Crippen molar-refractivity contribution in [3.8, 4) is 0 Å². The van der Waals surface area contributed by atoms with Gasteiger partial charge in [-0.05, 0) is 50.6 Å². The molecule has 1 fully saturated rings. The Morgan fingerprint density at radius 3 is 2.24 bits per heavy atom. The largest absolute Gasteiger partial charge is 0.381 e. The van der Waals surface area contributed by atoms with Crippen molar-refractivity contribution in [3.05, 3.63) is 34.9 Å². The molecule has 2 heteroatoms. The Morgan fingerprint density at radius 2 is 1.71 bits per heavy atom. The number of ether oxygens (including phenoxy) is 1. The first-order valence-electron chi connectivity index (χ1n) is 6.49. The highest BCUT2D eigenvalue weighted by Gasteiger charge is 2.31. The minimum atomic E-state index is 0.262. The van der Waals surface area contributed by atoms with Gasteiger partial charge in [0.2, 0.25) is 0 Å². The van der Waals surface area contributed by atoms with Crippen LogP contribution in [0.1, 0.15) is 29.5 Å². The lowest BCUT2D eigenvalue weighted by Crippen LogP contribution is -2.38. The first-order valence-corrected chi connectivity index (χ1v) is 6.49. The van der Waals surface area contributed by atoms with Gasteiger partial charge in [0.05, 0.1) is 0 Å². The highest BCUT2D eigenvalue weighted by atomic mass is 16.5. The van der Waals surface area contributed by atoms with Crippen molar-refractivity contribution in [2.75, 3.05) is 19.8 Å². The molecule has 94 valence electrons. The van der Waals surface area contributed by atoms with Gasteiger partial charge in [-0.1, -0.05) is 29.3 Å². The van der Waals surface area contributed by atoms with Gasteiger partial charge < -0.3 is 10.5 Å². The highest BCUT2D eigenvalue weighted by Crippen LogP contribution is 2.33. The Labute approximate surface area is 104 Å². The second-order valence-corrected chi connectivity index (χ2v) is 5.49. The van der Waals surface area contributed by atoms with Gasteiger partial charge >= 0.3 is 0 Å². The van der Waals surface area contributed by atoms with Crippen LogP contribution in [0.4, 0.5) is 0 Å². The molecule has 1 saturated heterocycles. The molecule has 0 amide bonds. The van der Waals surface area contributed by atoms with Crippen LogP contribution in [0.5, 0.6) is 0 Å². The summed E-state index contributed by atoms with van der Waals surface area (Å²) in [6, 6.07) is 6.81. The zero-order chi connectivity index (χ0) is 12.3. The molecule has 2 nitrogen and oxygen atoms in total. The minimum Gasteiger partial charge on any atom is -0.381 e.